The summed E-state index contributed by atoms with van der Waals surface area (Å²) in [7, 11) is 0. The van der Waals surface area contributed by atoms with Crippen molar-refractivity contribution in [1.29, 1.82) is 0 Å². The molecule has 141 valence electrons. The molecule has 0 aliphatic rings. The summed E-state index contributed by atoms with van der Waals surface area (Å²) >= 11 is 7.87. The summed E-state index contributed by atoms with van der Waals surface area (Å²) in [4.78, 5) is 10.1. The van der Waals surface area contributed by atoms with Crippen LogP contribution >= 0.6 is 23.4 Å². The van der Waals surface area contributed by atoms with Crippen LogP contribution in [0.1, 0.15) is 36.8 Å². The lowest BCUT2D eigenvalue weighted by molar-refractivity contribution is 0.138. The van der Waals surface area contributed by atoms with Gasteiger partial charge in [0.05, 0.1) is 12.2 Å². The topological polar surface area (TPSA) is 39.9 Å². The molecule has 6 heteroatoms. The summed E-state index contributed by atoms with van der Waals surface area (Å²) in [6, 6.07) is 11.9. The Morgan fingerprint density at radius 3 is 2.67 bits per heavy atom. The Kier molecular flexibility index (Phi) is 6.94. The predicted molar refractivity (Wildman–Crippen MR) is 110 cm³/mol. The van der Waals surface area contributed by atoms with Crippen molar-refractivity contribution in [2.45, 2.75) is 42.8 Å². The summed E-state index contributed by atoms with van der Waals surface area (Å²) in [5, 5.41) is 1.85. The zero-order chi connectivity index (χ0) is 19.2. The third-order valence-corrected chi connectivity index (χ3v) is 5.40. The van der Waals surface area contributed by atoms with Crippen molar-refractivity contribution in [3.63, 3.8) is 0 Å². The number of pyridine rings is 1. The molecular formula is C21H23ClN3OS. The number of imidazole rings is 1. The van der Waals surface area contributed by atoms with Gasteiger partial charge in [-0.05, 0) is 48.7 Å². The summed E-state index contributed by atoms with van der Waals surface area (Å²) in [5.74, 6) is 1.20. The second-order valence-electron chi connectivity index (χ2n) is 6.43. The van der Waals surface area contributed by atoms with E-state index >= 15 is 0 Å². The highest BCUT2D eigenvalue weighted by Crippen LogP contribution is 2.36. The van der Waals surface area contributed by atoms with E-state index in [2.05, 4.69) is 36.4 Å². The first-order chi connectivity index (χ1) is 13.1. The van der Waals surface area contributed by atoms with Crippen molar-refractivity contribution in [2.75, 3.05) is 6.61 Å². The van der Waals surface area contributed by atoms with Gasteiger partial charge in [0.1, 0.15) is 17.5 Å². The summed E-state index contributed by atoms with van der Waals surface area (Å²) < 4.78 is 7.81. The van der Waals surface area contributed by atoms with Gasteiger partial charge in [-0.2, -0.15) is 0 Å². The molecule has 1 radical (unpaired) electrons. The van der Waals surface area contributed by atoms with Gasteiger partial charge in [-0.1, -0.05) is 43.3 Å². The number of halogens is 1. The van der Waals surface area contributed by atoms with Crippen molar-refractivity contribution in [3.05, 3.63) is 77.8 Å². The number of aromatic nitrogens is 3. The third-order valence-electron chi connectivity index (χ3n) is 4.05. The fourth-order valence-corrected chi connectivity index (χ4v) is 4.21. The van der Waals surface area contributed by atoms with E-state index in [4.69, 9.17) is 21.3 Å². The number of benzene rings is 1. The molecule has 0 amide bonds. The largest absolute Gasteiger partial charge is 0.374 e. The van der Waals surface area contributed by atoms with Crippen LogP contribution in [0.5, 0.6) is 0 Å². The van der Waals surface area contributed by atoms with E-state index in [1.165, 1.54) is 5.56 Å². The van der Waals surface area contributed by atoms with Crippen molar-refractivity contribution in [1.82, 2.24) is 14.5 Å². The first-order valence-electron chi connectivity index (χ1n) is 8.87. The number of hydrogen-bond acceptors (Lipinski definition) is 4. The molecule has 0 saturated heterocycles. The Labute approximate surface area is 169 Å². The van der Waals surface area contributed by atoms with E-state index in [9.17, 15) is 0 Å². The Bertz CT molecular complexity index is 880. The maximum absolute atomic E-state index is 6.19. The highest BCUT2D eigenvalue weighted by molar-refractivity contribution is 7.99. The van der Waals surface area contributed by atoms with E-state index in [1.54, 1.807) is 11.8 Å². The summed E-state index contributed by atoms with van der Waals surface area (Å²) in [6.45, 7) is 9.65. The van der Waals surface area contributed by atoms with Gasteiger partial charge >= 0.3 is 0 Å². The van der Waals surface area contributed by atoms with Crippen LogP contribution in [-0.4, -0.2) is 21.1 Å². The van der Waals surface area contributed by atoms with E-state index in [0.717, 1.165) is 26.5 Å². The Balaban J connectivity index is 2.05. The van der Waals surface area contributed by atoms with Crippen molar-refractivity contribution < 1.29 is 4.74 Å². The molecule has 0 fully saturated rings. The minimum atomic E-state index is 0.295. The van der Waals surface area contributed by atoms with Gasteiger partial charge in [-0.15, -0.1) is 0 Å². The molecular weight excluding hydrogens is 378 g/mol. The number of ether oxygens (including phenoxy) is 1. The van der Waals surface area contributed by atoms with E-state index in [1.807, 2.05) is 42.7 Å². The Hall–Kier alpha value is -1.82. The second kappa shape index (κ2) is 9.40. The molecule has 2 heterocycles. The smallest absolute Gasteiger partial charge is 0.136 e. The number of rotatable bonds is 8. The van der Waals surface area contributed by atoms with Gasteiger partial charge < -0.3 is 9.30 Å². The maximum atomic E-state index is 6.19. The molecule has 0 unspecified atom stereocenters. The van der Waals surface area contributed by atoms with Crippen LogP contribution in [0.4, 0.5) is 0 Å². The second-order valence-corrected chi connectivity index (χ2v) is 7.93. The first-order valence-corrected chi connectivity index (χ1v) is 10.1. The number of hydrogen-bond donors (Lipinski definition) is 0. The summed E-state index contributed by atoms with van der Waals surface area (Å²) in [5.41, 5.74) is 2.23. The molecule has 0 saturated carbocycles. The van der Waals surface area contributed by atoms with Crippen LogP contribution in [-0.2, 0) is 17.9 Å². The van der Waals surface area contributed by atoms with Gasteiger partial charge in [0.25, 0.3) is 0 Å². The molecule has 3 aromatic rings. The van der Waals surface area contributed by atoms with E-state index in [-0.39, 0.29) is 0 Å². The maximum Gasteiger partial charge on any atom is 0.136 e. The minimum absolute atomic E-state index is 0.295. The van der Waals surface area contributed by atoms with E-state index in [0.29, 0.717) is 25.7 Å². The average Bonchev–Trinajstić information content (AvgIpc) is 2.98. The number of nitrogens with zero attached hydrogens (tertiary/aromatic N) is 3. The van der Waals surface area contributed by atoms with Crippen LogP contribution < -0.4 is 0 Å². The summed E-state index contributed by atoms with van der Waals surface area (Å²) in [6.07, 6.45) is 3.62. The van der Waals surface area contributed by atoms with Crippen LogP contribution in [0.15, 0.2) is 58.7 Å². The predicted octanol–water partition coefficient (Wildman–Crippen LogP) is 5.61. The van der Waals surface area contributed by atoms with Gasteiger partial charge in [0.15, 0.2) is 0 Å². The molecule has 4 nitrogen and oxygen atoms in total. The van der Waals surface area contributed by atoms with Crippen molar-refractivity contribution in [2.24, 2.45) is 0 Å². The van der Waals surface area contributed by atoms with Crippen LogP contribution in [0.2, 0.25) is 5.02 Å². The standard InChI is InChI=1S/C21H23ClN3OS/c1-4-26-14-19-24-20(15(2)3)21(27-18-7-5-6-17(22)12-18)25(19)13-16-8-10-23-11-9-16/h5-12,15H,1,4,13-14H2,2-3H3. The zero-order valence-electron chi connectivity index (χ0n) is 15.6. The Morgan fingerprint density at radius 2 is 2.00 bits per heavy atom. The highest BCUT2D eigenvalue weighted by atomic mass is 35.5. The lowest BCUT2D eigenvalue weighted by Gasteiger charge is -2.13. The normalized spacial score (nSPS) is 11.3. The highest BCUT2D eigenvalue weighted by Gasteiger charge is 2.21. The minimum Gasteiger partial charge on any atom is -0.374 e. The van der Waals surface area contributed by atoms with Crippen molar-refractivity contribution in [3.8, 4) is 0 Å². The van der Waals surface area contributed by atoms with E-state index < -0.39 is 0 Å². The van der Waals surface area contributed by atoms with Crippen LogP contribution in [0.25, 0.3) is 0 Å². The SMILES string of the molecule is [CH2]COCc1nc(C(C)C)c(Sc2cccc(Cl)c2)n1Cc1ccncc1. The molecule has 1 aromatic carbocycles. The van der Waals surface area contributed by atoms with Crippen molar-refractivity contribution >= 4 is 23.4 Å². The van der Waals surface area contributed by atoms with Gasteiger partial charge in [0, 0.05) is 28.9 Å². The molecule has 3 rings (SSSR count). The molecule has 0 spiro atoms. The molecule has 0 bridgehead atoms. The first kappa shape index (κ1) is 19.9. The molecule has 0 aliphatic heterocycles. The van der Waals surface area contributed by atoms with Crippen LogP contribution in [0, 0.1) is 6.92 Å². The molecule has 0 N–H and O–H groups in total. The molecule has 0 atom stereocenters. The lowest BCUT2D eigenvalue weighted by atomic mass is 10.1. The Morgan fingerprint density at radius 1 is 1.22 bits per heavy atom. The fourth-order valence-electron chi connectivity index (χ4n) is 2.74. The average molecular weight is 401 g/mol. The van der Waals surface area contributed by atoms with Gasteiger partial charge in [-0.25, -0.2) is 4.98 Å². The van der Waals surface area contributed by atoms with Gasteiger partial charge in [-0.3, -0.25) is 4.98 Å². The fraction of sp³-hybridized carbons (Fsp3) is 0.286. The third kappa shape index (κ3) is 5.12. The molecule has 27 heavy (non-hydrogen) atoms. The van der Waals surface area contributed by atoms with Gasteiger partial charge in [0.2, 0.25) is 0 Å². The lowest BCUT2D eigenvalue weighted by Crippen LogP contribution is -2.08. The zero-order valence-corrected chi connectivity index (χ0v) is 17.1. The molecule has 2 aromatic heterocycles. The quantitative estimate of drug-likeness (QED) is 0.493. The van der Waals surface area contributed by atoms with Crippen LogP contribution in [0.3, 0.4) is 0 Å². The monoisotopic (exact) mass is 400 g/mol. The molecule has 0 aliphatic carbocycles.